The summed E-state index contributed by atoms with van der Waals surface area (Å²) in [7, 11) is -3.69. The second-order valence-corrected chi connectivity index (χ2v) is 8.99. The number of rotatable bonds is 5. The molecule has 0 spiro atoms. The predicted molar refractivity (Wildman–Crippen MR) is 100 cm³/mol. The van der Waals surface area contributed by atoms with E-state index in [0.717, 1.165) is 5.56 Å². The molecule has 0 saturated carbocycles. The number of carbonyl (C=O) groups excluding carboxylic acids is 1. The van der Waals surface area contributed by atoms with Gasteiger partial charge in [-0.05, 0) is 51.3 Å². The van der Waals surface area contributed by atoms with Crippen molar-refractivity contribution in [2.75, 3.05) is 13.1 Å². The van der Waals surface area contributed by atoms with Crippen LogP contribution < -0.4 is 5.32 Å². The van der Waals surface area contributed by atoms with E-state index in [2.05, 4.69) is 10.5 Å². The van der Waals surface area contributed by atoms with Crippen LogP contribution in [0.2, 0.25) is 0 Å². The normalized spacial score (nSPS) is 17.4. The molecule has 152 valence electrons. The number of halogens is 1. The molecule has 1 aromatic heterocycles. The maximum Gasteiger partial charge on any atom is 0.248 e. The summed E-state index contributed by atoms with van der Waals surface area (Å²) in [6, 6.07) is 5.74. The van der Waals surface area contributed by atoms with E-state index < -0.39 is 10.0 Å². The van der Waals surface area contributed by atoms with E-state index in [4.69, 9.17) is 4.52 Å². The summed E-state index contributed by atoms with van der Waals surface area (Å²) in [6.45, 7) is 5.53. The number of sulfonamides is 1. The molecule has 1 aliphatic heterocycles. The first-order valence-corrected chi connectivity index (χ1v) is 10.6. The molecule has 0 radical (unpaired) electrons. The molecule has 1 N–H and O–H groups in total. The van der Waals surface area contributed by atoms with Gasteiger partial charge in [-0.1, -0.05) is 17.3 Å². The van der Waals surface area contributed by atoms with Gasteiger partial charge in [0.15, 0.2) is 5.76 Å². The molecule has 0 aliphatic carbocycles. The lowest BCUT2D eigenvalue weighted by Gasteiger charge is -2.31. The minimum absolute atomic E-state index is 0.111. The molecule has 0 unspecified atom stereocenters. The van der Waals surface area contributed by atoms with E-state index in [-0.39, 0.29) is 47.4 Å². The second kappa shape index (κ2) is 8.00. The summed E-state index contributed by atoms with van der Waals surface area (Å²) in [5.41, 5.74) is 1.15. The highest BCUT2D eigenvalue weighted by molar-refractivity contribution is 7.89. The zero-order valence-electron chi connectivity index (χ0n) is 16.1. The molecule has 3 rings (SSSR count). The number of carbonyl (C=O) groups is 1. The Labute approximate surface area is 163 Å². The first-order valence-electron chi connectivity index (χ1n) is 9.19. The van der Waals surface area contributed by atoms with E-state index in [0.29, 0.717) is 18.5 Å². The standard InChI is InChI=1S/C19H24FN3O4S/c1-12(15-4-6-17(20)7-5-15)21-19(24)16-8-10-23(11-9-16)28(25,26)18-13(2)22-27-14(18)3/h4-7,12,16H,8-11H2,1-3H3,(H,21,24)/t12-/m1/s1. The van der Waals surface area contributed by atoms with Gasteiger partial charge in [-0.15, -0.1) is 0 Å². The van der Waals surface area contributed by atoms with Gasteiger partial charge in [0.1, 0.15) is 16.4 Å². The van der Waals surface area contributed by atoms with Crippen molar-refractivity contribution < 1.29 is 22.1 Å². The van der Waals surface area contributed by atoms with Crippen molar-refractivity contribution in [1.29, 1.82) is 0 Å². The van der Waals surface area contributed by atoms with Gasteiger partial charge in [-0.3, -0.25) is 4.79 Å². The van der Waals surface area contributed by atoms with Crippen LogP contribution in [0.4, 0.5) is 4.39 Å². The van der Waals surface area contributed by atoms with Gasteiger partial charge in [0.25, 0.3) is 0 Å². The predicted octanol–water partition coefficient (Wildman–Crippen LogP) is 2.71. The number of piperidine rings is 1. The molecule has 1 saturated heterocycles. The molecule has 1 atom stereocenters. The zero-order valence-corrected chi connectivity index (χ0v) is 16.9. The molecule has 0 bridgehead atoms. The van der Waals surface area contributed by atoms with Crippen LogP contribution in [-0.4, -0.2) is 36.9 Å². The van der Waals surface area contributed by atoms with Crippen LogP contribution >= 0.6 is 0 Å². The average Bonchev–Trinajstić information content (AvgIpc) is 3.01. The molecule has 1 aliphatic rings. The molecule has 2 aromatic rings. The van der Waals surface area contributed by atoms with Crippen LogP contribution in [0.1, 0.15) is 42.8 Å². The Bertz CT molecular complexity index is 929. The number of aryl methyl sites for hydroxylation is 2. The van der Waals surface area contributed by atoms with Gasteiger partial charge >= 0.3 is 0 Å². The Balaban J connectivity index is 1.60. The number of nitrogens with zero attached hydrogens (tertiary/aromatic N) is 2. The van der Waals surface area contributed by atoms with Crippen molar-refractivity contribution in [1.82, 2.24) is 14.8 Å². The average molecular weight is 409 g/mol. The summed E-state index contributed by atoms with van der Waals surface area (Å²) in [4.78, 5) is 12.7. The summed E-state index contributed by atoms with van der Waals surface area (Å²) >= 11 is 0. The lowest BCUT2D eigenvalue weighted by atomic mass is 9.96. The third-order valence-electron chi connectivity index (χ3n) is 5.12. The number of hydrogen-bond acceptors (Lipinski definition) is 5. The molecule has 7 nitrogen and oxygen atoms in total. The molecular formula is C19H24FN3O4S. The highest BCUT2D eigenvalue weighted by Gasteiger charge is 2.35. The Morgan fingerprint density at radius 3 is 2.39 bits per heavy atom. The van der Waals surface area contributed by atoms with Crippen LogP contribution in [0.5, 0.6) is 0 Å². The maximum atomic E-state index is 13.0. The lowest BCUT2D eigenvalue weighted by molar-refractivity contribution is -0.126. The molecular weight excluding hydrogens is 385 g/mol. The quantitative estimate of drug-likeness (QED) is 0.820. The van der Waals surface area contributed by atoms with Crippen molar-refractivity contribution >= 4 is 15.9 Å². The fourth-order valence-electron chi connectivity index (χ4n) is 3.50. The third-order valence-corrected chi connectivity index (χ3v) is 7.26. The number of benzene rings is 1. The zero-order chi connectivity index (χ0) is 20.5. The number of amides is 1. The Hall–Kier alpha value is -2.26. The van der Waals surface area contributed by atoms with Gasteiger partial charge in [-0.25, -0.2) is 12.8 Å². The van der Waals surface area contributed by atoms with Crippen molar-refractivity contribution in [3.8, 4) is 0 Å². The minimum atomic E-state index is -3.69. The number of aromatic nitrogens is 1. The van der Waals surface area contributed by atoms with Crippen LogP contribution in [0.25, 0.3) is 0 Å². The Morgan fingerprint density at radius 2 is 1.86 bits per heavy atom. The second-order valence-electron chi connectivity index (χ2n) is 7.11. The van der Waals surface area contributed by atoms with Gasteiger partial charge in [-0.2, -0.15) is 4.31 Å². The topological polar surface area (TPSA) is 92.5 Å². The van der Waals surface area contributed by atoms with Crippen LogP contribution in [0.15, 0.2) is 33.7 Å². The fourth-order valence-corrected chi connectivity index (χ4v) is 5.26. The first kappa shape index (κ1) is 20.5. The van der Waals surface area contributed by atoms with Crippen molar-refractivity contribution in [2.45, 2.75) is 44.6 Å². The van der Waals surface area contributed by atoms with E-state index in [1.807, 2.05) is 6.92 Å². The molecule has 1 fully saturated rings. The molecule has 1 amide bonds. The number of nitrogens with one attached hydrogen (secondary N) is 1. The highest BCUT2D eigenvalue weighted by atomic mass is 32.2. The van der Waals surface area contributed by atoms with Crippen molar-refractivity contribution in [2.24, 2.45) is 5.92 Å². The fraction of sp³-hybridized carbons (Fsp3) is 0.474. The van der Waals surface area contributed by atoms with E-state index >= 15 is 0 Å². The Morgan fingerprint density at radius 1 is 1.25 bits per heavy atom. The number of hydrogen-bond donors (Lipinski definition) is 1. The SMILES string of the molecule is Cc1noc(C)c1S(=O)(=O)N1CCC(C(=O)N[C@H](C)c2ccc(F)cc2)CC1. The minimum Gasteiger partial charge on any atom is -0.360 e. The molecule has 2 heterocycles. The third kappa shape index (κ3) is 4.10. The van der Waals surface area contributed by atoms with Gasteiger partial charge in [0.2, 0.25) is 15.9 Å². The first-order chi connectivity index (χ1) is 13.2. The van der Waals surface area contributed by atoms with E-state index in [9.17, 15) is 17.6 Å². The van der Waals surface area contributed by atoms with Gasteiger partial charge in [0, 0.05) is 19.0 Å². The maximum absolute atomic E-state index is 13.0. The summed E-state index contributed by atoms with van der Waals surface area (Å²) < 4.78 is 45.1. The van der Waals surface area contributed by atoms with Crippen molar-refractivity contribution in [3.05, 3.63) is 47.1 Å². The largest absolute Gasteiger partial charge is 0.360 e. The molecule has 9 heteroatoms. The van der Waals surface area contributed by atoms with E-state index in [1.165, 1.54) is 16.4 Å². The molecule has 1 aromatic carbocycles. The lowest BCUT2D eigenvalue weighted by Crippen LogP contribution is -2.43. The van der Waals surface area contributed by atoms with Crippen molar-refractivity contribution in [3.63, 3.8) is 0 Å². The smallest absolute Gasteiger partial charge is 0.248 e. The Kier molecular flexibility index (Phi) is 5.85. The summed E-state index contributed by atoms with van der Waals surface area (Å²) in [5.74, 6) is -0.440. The summed E-state index contributed by atoms with van der Waals surface area (Å²) in [6.07, 6.45) is 0.870. The van der Waals surface area contributed by atoms with Crippen LogP contribution in [0.3, 0.4) is 0 Å². The van der Waals surface area contributed by atoms with E-state index in [1.54, 1.807) is 26.0 Å². The summed E-state index contributed by atoms with van der Waals surface area (Å²) in [5, 5.41) is 6.65. The van der Waals surface area contributed by atoms with Crippen LogP contribution in [0, 0.1) is 25.6 Å². The highest BCUT2D eigenvalue weighted by Crippen LogP contribution is 2.28. The molecule has 28 heavy (non-hydrogen) atoms. The van der Waals surface area contributed by atoms with Gasteiger partial charge < -0.3 is 9.84 Å². The van der Waals surface area contributed by atoms with Gasteiger partial charge in [0.05, 0.1) is 6.04 Å². The van der Waals surface area contributed by atoms with Crippen LogP contribution in [-0.2, 0) is 14.8 Å². The monoisotopic (exact) mass is 409 g/mol.